The van der Waals surface area contributed by atoms with Gasteiger partial charge in [0.2, 0.25) is 0 Å². The Hall–Kier alpha value is -2.36. The van der Waals surface area contributed by atoms with Crippen LogP contribution in [0, 0.1) is 4.91 Å². The number of benzene rings is 2. The minimum Gasteiger partial charge on any atom is -0.372 e. The van der Waals surface area contributed by atoms with Crippen LogP contribution < -0.4 is 10.2 Å². The molecule has 0 spiro atoms. The van der Waals surface area contributed by atoms with Crippen molar-refractivity contribution in [2.75, 3.05) is 23.3 Å². The molecule has 0 aliphatic rings. The van der Waals surface area contributed by atoms with Crippen molar-refractivity contribution in [2.45, 2.75) is 65.2 Å². The summed E-state index contributed by atoms with van der Waals surface area (Å²) < 4.78 is 0. The average molecular weight is 382 g/mol. The maximum Gasteiger partial charge on any atom is 0.108 e. The van der Waals surface area contributed by atoms with Crippen LogP contribution in [0.25, 0.3) is 0 Å². The quantitative estimate of drug-likeness (QED) is 0.268. The number of unbranched alkanes of at least 4 members (excludes halogenated alkanes) is 6. The van der Waals surface area contributed by atoms with E-state index in [2.05, 4.69) is 53.5 Å². The van der Waals surface area contributed by atoms with Crippen molar-refractivity contribution in [3.8, 4) is 0 Å². The Morgan fingerprint density at radius 3 is 1.68 bits per heavy atom. The zero-order chi connectivity index (χ0) is 20.0. The Morgan fingerprint density at radius 2 is 1.21 bits per heavy atom. The van der Waals surface area contributed by atoms with Crippen molar-refractivity contribution in [3.05, 3.63) is 53.4 Å². The molecule has 0 aliphatic carbocycles. The minimum atomic E-state index is 0.447. The molecular weight excluding hydrogens is 346 g/mol. The topological polar surface area (TPSA) is 44.7 Å². The second-order valence-corrected chi connectivity index (χ2v) is 7.42. The molecule has 0 fully saturated rings. The lowest BCUT2D eigenvalue weighted by Crippen LogP contribution is -2.25. The second-order valence-electron chi connectivity index (χ2n) is 7.42. The van der Waals surface area contributed by atoms with E-state index in [1.54, 1.807) is 12.1 Å². The predicted octanol–water partition coefficient (Wildman–Crippen LogP) is 7.80. The third-order valence-corrected chi connectivity index (χ3v) is 5.06. The molecule has 0 amide bonds. The fourth-order valence-corrected chi connectivity index (χ4v) is 3.36. The number of nitroso groups, excluding NO2 is 1. The highest BCUT2D eigenvalue weighted by Crippen LogP contribution is 2.24. The molecular formula is C24H35N3O. The molecule has 28 heavy (non-hydrogen) atoms. The predicted molar refractivity (Wildman–Crippen MR) is 122 cm³/mol. The van der Waals surface area contributed by atoms with E-state index in [0.717, 1.165) is 24.5 Å². The summed E-state index contributed by atoms with van der Waals surface area (Å²) in [7, 11) is 0. The molecule has 2 rings (SSSR count). The number of nitrogens with zero attached hydrogens (tertiary/aromatic N) is 2. The van der Waals surface area contributed by atoms with Gasteiger partial charge < -0.3 is 10.2 Å². The molecule has 0 bridgehead atoms. The molecule has 0 heterocycles. The van der Waals surface area contributed by atoms with Crippen LogP contribution in [0.15, 0.2) is 53.7 Å². The van der Waals surface area contributed by atoms with Gasteiger partial charge >= 0.3 is 0 Å². The first-order chi connectivity index (χ1) is 13.8. The molecule has 2 aromatic carbocycles. The molecule has 4 nitrogen and oxygen atoms in total. The van der Waals surface area contributed by atoms with Gasteiger partial charge in [0, 0.05) is 30.2 Å². The summed E-state index contributed by atoms with van der Waals surface area (Å²) in [5.74, 6) is 0. The monoisotopic (exact) mass is 381 g/mol. The molecule has 0 saturated heterocycles. The van der Waals surface area contributed by atoms with Crippen molar-refractivity contribution in [1.82, 2.24) is 0 Å². The van der Waals surface area contributed by atoms with Crippen molar-refractivity contribution >= 4 is 22.7 Å². The summed E-state index contributed by atoms with van der Waals surface area (Å²) in [4.78, 5) is 13.1. The minimum absolute atomic E-state index is 0.447. The molecule has 0 radical (unpaired) electrons. The third kappa shape index (κ3) is 7.71. The summed E-state index contributed by atoms with van der Waals surface area (Å²) in [6.07, 6.45) is 10.4. The van der Waals surface area contributed by atoms with Gasteiger partial charge in [-0.2, -0.15) is 0 Å². The van der Waals surface area contributed by atoms with E-state index in [0.29, 0.717) is 5.69 Å². The lowest BCUT2D eigenvalue weighted by atomic mass is 10.1. The summed E-state index contributed by atoms with van der Waals surface area (Å²) in [6.45, 7) is 6.80. The van der Waals surface area contributed by atoms with Crippen molar-refractivity contribution < 1.29 is 0 Å². The molecule has 0 atom stereocenters. The summed E-state index contributed by atoms with van der Waals surface area (Å²) in [6, 6.07) is 15.9. The molecule has 0 unspecified atom stereocenters. The summed E-state index contributed by atoms with van der Waals surface area (Å²) >= 11 is 0. The molecule has 0 aromatic heterocycles. The fourth-order valence-electron chi connectivity index (χ4n) is 3.36. The van der Waals surface area contributed by atoms with E-state index >= 15 is 0 Å². The molecule has 2 aromatic rings. The average Bonchev–Trinajstić information content (AvgIpc) is 2.74. The summed E-state index contributed by atoms with van der Waals surface area (Å²) in [5.41, 5.74) is 3.75. The first-order valence-electron chi connectivity index (χ1n) is 10.8. The van der Waals surface area contributed by atoms with Crippen LogP contribution in [0.3, 0.4) is 0 Å². The van der Waals surface area contributed by atoms with Crippen LogP contribution in [0.5, 0.6) is 0 Å². The Kier molecular flexibility index (Phi) is 10.1. The van der Waals surface area contributed by atoms with E-state index < -0.39 is 0 Å². The maximum atomic E-state index is 10.5. The van der Waals surface area contributed by atoms with Gasteiger partial charge in [0.1, 0.15) is 5.69 Å². The van der Waals surface area contributed by atoms with E-state index in [4.69, 9.17) is 0 Å². The molecule has 1 N–H and O–H groups in total. The van der Waals surface area contributed by atoms with E-state index in [-0.39, 0.29) is 0 Å². The number of hydrogen-bond donors (Lipinski definition) is 1. The Morgan fingerprint density at radius 1 is 0.714 bits per heavy atom. The molecule has 0 saturated carbocycles. The number of anilines is 3. The van der Waals surface area contributed by atoms with Gasteiger partial charge in [0.15, 0.2) is 0 Å². The normalized spacial score (nSPS) is 10.6. The highest BCUT2D eigenvalue weighted by molar-refractivity contribution is 5.64. The van der Waals surface area contributed by atoms with Gasteiger partial charge in [-0.15, -0.1) is 4.91 Å². The van der Waals surface area contributed by atoms with Gasteiger partial charge in [0.05, 0.1) is 0 Å². The molecule has 0 aliphatic heterocycles. The third-order valence-electron chi connectivity index (χ3n) is 5.06. The first kappa shape index (κ1) is 21.9. The zero-order valence-corrected chi connectivity index (χ0v) is 17.5. The van der Waals surface area contributed by atoms with Crippen molar-refractivity contribution in [2.24, 2.45) is 5.18 Å². The smallest absolute Gasteiger partial charge is 0.108 e. The van der Waals surface area contributed by atoms with Crippen LogP contribution >= 0.6 is 0 Å². The van der Waals surface area contributed by atoms with Gasteiger partial charge in [-0.3, -0.25) is 0 Å². The highest BCUT2D eigenvalue weighted by Gasteiger charge is 2.07. The standard InChI is InChI=1S/C24H35N3O/c1-3-5-7-9-19-27(20-10-8-6-4-2)24-17-15-22(16-18-24)25-21-11-13-23(26-28)14-12-21/h11-18,25H,3-10,19-20H2,1-2H3. The molecule has 4 heteroatoms. The number of rotatable bonds is 14. The maximum absolute atomic E-state index is 10.5. The fraction of sp³-hybridized carbons (Fsp3) is 0.500. The second kappa shape index (κ2) is 12.9. The van der Waals surface area contributed by atoms with Crippen LogP contribution in [0.1, 0.15) is 65.2 Å². The number of nitrogens with one attached hydrogen (secondary N) is 1. The Labute approximate surface area is 170 Å². The lowest BCUT2D eigenvalue weighted by Gasteiger charge is -2.25. The summed E-state index contributed by atoms with van der Waals surface area (Å²) in [5, 5.41) is 6.32. The SMILES string of the molecule is CCCCCCN(CCCCCC)c1ccc(Nc2ccc(N=O)cc2)cc1. The van der Waals surface area contributed by atoms with Gasteiger partial charge in [0.25, 0.3) is 0 Å². The van der Waals surface area contributed by atoms with Gasteiger partial charge in [-0.1, -0.05) is 52.4 Å². The number of hydrogen-bond acceptors (Lipinski definition) is 4. The Balaban J connectivity index is 1.95. The van der Waals surface area contributed by atoms with E-state index in [1.165, 1.54) is 57.1 Å². The first-order valence-corrected chi connectivity index (χ1v) is 10.8. The highest BCUT2D eigenvalue weighted by atomic mass is 16.3. The van der Waals surface area contributed by atoms with Crippen LogP contribution in [-0.2, 0) is 0 Å². The van der Waals surface area contributed by atoms with Crippen LogP contribution in [-0.4, -0.2) is 13.1 Å². The van der Waals surface area contributed by atoms with Crippen molar-refractivity contribution in [3.63, 3.8) is 0 Å². The van der Waals surface area contributed by atoms with E-state index in [9.17, 15) is 4.91 Å². The van der Waals surface area contributed by atoms with Gasteiger partial charge in [-0.05, 0) is 66.5 Å². The zero-order valence-electron chi connectivity index (χ0n) is 17.5. The largest absolute Gasteiger partial charge is 0.372 e. The molecule has 152 valence electrons. The van der Waals surface area contributed by atoms with Crippen LogP contribution in [0.4, 0.5) is 22.7 Å². The lowest BCUT2D eigenvalue weighted by molar-refractivity contribution is 0.609. The van der Waals surface area contributed by atoms with Gasteiger partial charge in [-0.25, -0.2) is 0 Å². The van der Waals surface area contributed by atoms with Crippen LogP contribution in [0.2, 0.25) is 0 Å². The van der Waals surface area contributed by atoms with E-state index in [1.807, 2.05) is 12.1 Å². The Bertz CT molecular complexity index is 655. The van der Waals surface area contributed by atoms with Crippen molar-refractivity contribution in [1.29, 1.82) is 0 Å².